The predicted molar refractivity (Wildman–Crippen MR) is 59.2 cm³/mol. The van der Waals surface area contributed by atoms with E-state index >= 15 is 0 Å². The first kappa shape index (κ1) is 10.1. The van der Waals surface area contributed by atoms with Crippen LogP contribution >= 0.6 is 11.8 Å². The summed E-state index contributed by atoms with van der Waals surface area (Å²) in [6.07, 6.45) is 2.22. The number of nitrogens with zero attached hydrogens (tertiary/aromatic N) is 2. The van der Waals surface area contributed by atoms with E-state index in [2.05, 4.69) is 20.8 Å². The minimum Gasteiger partial charge on any atom is -0.408 e. The van der Waals surface area contributed by atoms with E-state index in [0.29, 0.717) is 11.8 Å². The van der Waals surface area contributed by atoms with Gasteiger partial charge in [-0.2, -0.15) is 0 Å². The number of hydrogen-bond acceptors (Lipinski definition) is 6. The fourth-order valence-corrected chi connectivity index (χ4v) is 2.48. The average Bonchev–Trinajstić information content (AvgIpc) is 2.82. The summed E-state index contributed by atoms with van der Waals surface area (Å²) >= 11 is 1.70. The van der Waals surface area contributed by atoms with E-state index in [4.69, 9.17) is 4.42 Å². The molecule has 7 heteroatoms. The Hall–Kier alpha value is -1.08. The highest BCUT2D eigenvalue weighted by Crippen LogP contribution is 2.39. The molecule has 1 aliphatic heterocycles. The maximum atomic E-state index is 11.7. The van der Waals surface area contributed by atoms with E-state index in [1.54, 1.807) is 11.8 Å². The monoisotopic (exact) mass is 240 g/mol. The molecule has 0 bridgehead atoms. The van der Waals surface area contributed by atoms with Gasteiger partial charge in [-0.1, -0.05) is 5.10 Å². The minimum atomic E-state index is -0.152. The third kappa shape index (κ3) is 2.05. The van der Waals surface area contributed by atoms with Gasteiger partial charge in [-0.25, -0.2) is 0 Å². The molecule has 1 saturated heterocycles. The number of carbonyl (C=O) groups is 1. The maximum absolute atomic E-state index is 11.7. The molecule has 2 aliphatic rings. The van der Waals surface area contributed by atoms with Crippen LogP contribution in [0.2, 0.25) is 0 Å². The molecule has 3 rings (SSSR count). The van der Waals surface area contributed by atoms with E-state index < -0.39 is 0 Å². The van der Waals surface area contributed by atoms with Crippen LogP contribution in [0.3, 0.4) is 0 Å². The van der Waals surface area contributed by atoms with Crippen LogP contribution in [0.1, 0.15) is 24.7 Å². The fourth-order valence-electron chi connectivity index (χ4n) is 1.54. The summed E-state index contributed by atoms with van der Waals surface area (Å²) in [7, 11) is 0. The van der Waals surface area contributed by atoms with Gasteiger partial charge in [0.05, 0.1) is 6.04 Å². The molecule has 1 aromatic heterocycles. The van der Waals surface area contributed by atoms with Gasteiger partial charge in [0.25, 0.3) is 0 Å². The van der Waals surface area contributed by atoms with Gasteiger partial charge in [-0.05, 0) is 12.8 Å². The van der Waals surface area contributed by atoms with Gasteiger partial charge in [0.15, 0.2) is 0 Å². The molecule has 1 saturated carbocycles. The second-order valence-electron chi connectivity index (χ2n) is 3.98. The molecule has 1 unspecified atom stereocenters. The highest BCUT2D eigenvalue weighted by Gasteiger charge is 2.30. The summed E-state index contributed by atoms with van der Waals surface area (Å²) in [5.74, 6) is 2.56. The van der Waals surface area contributed by atoms with Crippen molar-refractivity contribution < 1.29 is 9.21 Å². The zero-order chi connectivity index (χ0) is 11.0. The van der Waals surface area contributed by atoms with Gasteiger partial charge >= 0.3 is 6.01 Å². The fraction of sp³-hybridized carbons (Fsp3) is 0.667. The molecule has 1 atom stereocenters. The van der Waals surface area contributed by atoms with Crippen LogP contribution in [0.15, 0.2) is 4.42 Å². The molecule has 0 radical (unpaired) electrons. The van der Waals surface area contributed by atoms with Crippen molar-refractivity contribution in [2.75, 3.05) is 16.9 Å². The quantitative estimate of drug-likeness (QED) is 0.803. The standard InChI is InChI=1S/C9H12N4O2S/c14-7(6-3-16-4-10-6)11-9-13-12-8(15-9)5-1-2-5/h5-6,10H,1-4H2,(H,11,13,14). The SMILES string of the molecule is O=C(Nc1nnc(C2CC2)o1)C1CSCN1. The number of rotatable bonds is 3. The average molecular weight is 240 g/mol. The van der Waals surface area contributed by atoms with Crippen LogP contribution in [0.25, 0.3) is 0 Å². The van der Waals surface area contributed by atoms with Gasteiger partial charge in [0.1, 0.15) is 0 Å². The van der Waals surface area contributed by atoms with Gasteiger partial charge in [0.2, 0.25) is 11.8 Å². The maximum Gasteiger partial charge on any atom is 0.322 e. The zero-order valence-electron chi connectivity index (χ0n) is 8.60. The first-order valence-corrected chi connectivity index (χ1v) is 6.44. The van der Waals surface area contributed by atoms with Crippen molar-refractivity contribution in [2.45, 2.75) is 24.8 Å². The molecule has 2 fully saturated rings. The van der Waals surface area contributed by atoms with E-state index in [-0.39, 0.29) is 18.0 Å². The lowest BCUT2D eigenvalue weighted by Crippen LogP contribution is -2.37. The van der Waals surface area contributed by atoms with E-state index in [1.807, 2.05) is 0 Å². The van der Waals surface area contributed by atoms with Crippen molar-refractivity contribution in [3.05, 3.63) is 5.89 Å². The normalized spacial score (nSPS) is 24.6. The molecule has 0 spiro atoms. The second kappa shape index (κ2) is 4.06. The van der Waals surface area contributed by atoms with Crippen LogP contribution in [-0.2, 0) is 4.79 Å². The third-order valence-corrected chi connectivity index (χ3v) is 3.57. The Kier molecular flexibility index (Phi) is 2.56. The lowest BCUT2D eigenvalue weighted by Gasteiger charge is -2.06. The van der Waals surface area contributed by atoms with Crippen LogP contribution < -0.4 is 10.6 Å². The van der Waals surface area contributed by atoms with Crippen molar-refractivity contribution in [1.82, 2.24) is 15.5 Å². The number of aromatic nitrogens is 2. The number of carbonyl (C=O) groups excluding carboxylic acids is 1. The van der Waals surface area contributed by atoms with E-state index in [1.165, 1.54) is 0 Å². The van der Waals surface area contributed by atoms with Gasteiger partial charge in [-0.15, -0.1) is 16.9 Å². The first-order valence-electron chi connectivity index (χ1n) is 5.28. The highest BCUT2D eigenvalue weighted by molar-refractivity contribution is 7.99. The number of nitrogens with one attached hydrogen (secondary N) is 2. The van der Waals surface area contributed by atoms with Gasteiger partial charge < -0.3 is 4.42 Å². The summed E-state index contributed by atoms with van der Waals surface area (Å²) in [4.78, 5) is 11.7. The molecular weight excluding hydrogens is 228 g/mol. The highest BCUT2D eigenvalue weighted by atomic mass is 32.2. The molecule has 16 heavy (non-hydrogen) atoms. The van der Waals surface area contributed by atoms with Crippen molar-refractivity contribution in [2.24, 2.45) is 0 Å². The first-order chi connectivity index (χ1) is 7.83. The number of anilines is 1. The molecular formula is C9H12N4O2S. The van der Waals surface area contributed by atoms with Crippen LogP contribution in [-0.4, -0.2) is 33.8 Å². The van der Waals surface area contributed by atoms with Crippen molar-refractivity contribution in [3.8, 4) is 0 Å². The summed E-state index contributed by atoms with van der Waals surface area (Å²) in [5, 5.41) is 13.4. The van der Waals surface area contributed by atoms with E-state index in [9.17, 15) is 4.79 Å². The summed E-state index contributed by atoms with van der Waals surface area (Å²) in [6, 6.07) is 0.0619. The summed E-state index contributed by atoms with van der Waals surface area (Å²) in [6.45, 7) is 0. The van der Waals surface area contributed by atoms with Gasteiger partial charge in [0, 0.05) is 17.5 Å². The van der Waals surface area contributed by atoms with Crippen molar-refractivity contribution >= 4 is 23.7 Å². The Bertz CT molecular complexity index is 398. The number of hydrogen-bond donors (Lipinski definition) is 2. The lowest BCUT2D eigenvalue weighted by atomic mass is 10.3. The summed E-state index contributed by atoms with van der Waals surface area (Å²) < 4.78 is 5.35. The molecule has 2 N–H and O–H groups in total. The largest absolute Gasteiger partial charge is 0.408 e. The van der Waals surface area contributed by atoms with Gasteiger partial charge in [-0.3, -0.25) is 15.4 Å². The number of amides is 1. The topological polar surface area (TPSA) is 80.1 Å². The summed E-state index contributed by atoms with van der Waals surface area (Å²) in [5.41, 5.74) is 0. The predicted octanol–water partition coefficient (Wildman–Crippen LogP) is 0.548. The Balaban J connectivity index is 1.61. The van der Waals surface area contributed by atoms with Crippen LogP contribution in [0.4, 0.5) is 6.01 Å². The lowest BCUT2D eigenvalue weighted by molar-refractivity contribution is -0.117. The molecule has 1 aromatic rings. The molecule has 2 heterocycles. The van der Waals surface area contributed by atoms with Crippen LogP contribution in [0.5, 0.6) is 0 Å². The Morgan fingerprint density at radius 1 is 1.50 bits per heavy atom. The van der Waals surface area contributed by atoms with E-state index in [0.717, 1.165) is 24.5 Å². The Morgan fingerprint density at radius 2 is 2.38 bits per heavy atom. The molecule has 1 aliphatic carbocycles. The Morgan fingerprint density at radius 3 is 3.06 bits per heavy atom. The Labute approximate surface area is 96.6 Å². The zero-order valence-corrected chi connectivity index (χ0v) is 9.42. The molecule has 1 amide bonds. The molecule has 6 nitrogen and oxygen atoms in total. The second-order valence-corrected chi connectivity index (χ2v) is 5.01. The third-order valence-electron chi connectivity index (χ3n) is 2.63. The molecule has 86 valence electrons. The number of thioether (sulfide) groups is 1. The van der Waals surface area contributed by atoms with Crippen molar-refractivity contribution in [1.29, 1.82) is 0 Å². The smallest absolute Gasteiger partial charge is 0.322 e. The minimum absolute atomic E-state index is 0.101. The van der Waals surface area contributed by atoms with Crippen LogP contribution in [0, 0.1) is 0 Å². The molecule has 0 aromatic carbocycles. The van der Waals surface area contributed by atoms with Crippen molar-refractivity contribution in [3.63, 3.8) is 0 Å².